The number of nitrogens with one attached hydrogen (secondary N) is 1. The van der Waals surface area contributed by atoms with Crippen LogP contribution in [0, 0.1) is 0 Å². The number of aliphatic hydroxyl groups excluding tert-OH is 1. The van der Waals surface area contributed by atoms with E-state index < -0.39 is 12.2 Å². The molecule has 0 bridgehead atoms. The largest absolute Gasteiger partial charge is 0.487 e. The van der Waals surface area contributed by atoms with E-state index >= 15 is 0 Å². The molecular formula is C25H25N3O4. The molecule has 0 unspecified atom stereocenters. The molecule has 1 amide bonds. The van der Waals surface area contributed by atoms with Crippen molar-refractivity contribution >= 4 is 17.0 Å². The number of pyridine rings is 1. The highest BCUT2D eigenvalue weighted by molar-refractivity contribution is 5.82. The second-order valence-electron chi connectivity index (χ2n) is 7.50. The molecular weight excluding hydrogens is 406 g/mol. The lowest BCUT2D eigenvalue weighted by Crippen LogP contribution is -2.30. The molecule has 0 spiro atoms. The van der Waals surface area contributed by atoms with Crippen LogP contribution < -0.4 is 10.1 Å². The standard InChI is InChI=1S/C25H25N3O4/c29-23(11-14-27-25(30)31)24(18-6-2-1-3-7-18)28-15-12-19-16-21(9-10-22(19)28)32-17-20-8-4-5-13-26-20/h1-10,12-13,15-16,23-24,27,29H,11,14,17H2,(H,30,31)/t23-,24+/m1/s1. The molecule has 7 heteroatoms. The Balaban J connectivity index is 1.58. The maximum absolute atomic E-state index is 11.0. The van der Waals surface area contributed by atoms with Crippen molar-refractivity contribution in [2.24, 2.45) is 0 Å². The zero-order valence-electron chi connectivity index (χ0n) is 17.5. The Morgan fingerprint density at radius 1 is 1.06 bits per heavy atom. The number of ether oxygens (including phenoxy) is 1. The molecule has 2 heterocycles. The number of aliphatic hydroxyl groups is 1. The van der Waals surface area contributed by atoms with Crippen LogP contribution in [0.2, 0.25) is 0 Å². The zero-order chi connectivity index (χ0) is 22.3. The number of rotatable bonds is 9. The minimum Gasteiger partial charge on any atom is -0.487 e. The maximum atomic E-state index is 11.0. The molecule has 0 aliphatic heterocycles. The van der Waals surface area contributed by atoms with E-state index in [2.05, 4.69) is 10.3 Å². The molecule has 3 N–H and O–H groups in total. The van der Waals surface area contributed by atoms with Gasteiger partial charge in [0.25, 0.3) is 0 Å². The molecule has 0 fully saturated rings. The molecule has 4 aromatic rings. The van der Waals surface area contributed by atoms with Crippen LogP contribution in [0.15, 0.2) is 85.2 Å². The summed E-state index contributed by atoms with van der Waals surface area (Å²) in [6.45, 7) is 0.555. The fourth-order valence-electron chi connectivity index (χ4n) is 3.82. The molecule has 0 saturated heterocycles. The molecule has 0 aliphatic carbocycles. The molecule has 2 aromatic carbocycles. The first-order valence-electron chi connectivity index (χ1n) is 10.4. The van der Waals surface area contributed by atoms with Gasteiger partial charge in [-0.1, -0.05) is 36.4 Å². The maximum Gasteiger partial charge on any atom is 0.404 e. The number of amides is 1. The number of carboxylic acid groups (broad SMARTS) is 1. The summed E-state index contributed by atoms with van der Waals surface area (Å²) in [7, 11) is 0. The lowest BCUT2D eigenvalue weighted by atomic mass is 9.98. The fraction of sp³-hybridized carbons (Fsp3) is 0.200. The number of hydrogen-bond acceptors (Lipinski definition) is 4. The van der Waals surface area contributed by atoms with E-state index in [0.717, 1.165) is 27.9 Å². The van der Waals surface area contributed by atoms with Gasteiger partial charge in [-0.15, -0.1) is 0 Å². The third-order valence-electron chi connectivity index (χ3n) is 5.33. The molecule has 0 aliphatic rings. The van der Waals surface area contributed by atoms with Gasteiger partial charge in [-0.25, -0.2) is 4.79 Å². The summed E-state index contributed by atoms with van der Waals surface area (Å²) in [6.07, 6.45) is 2.09. The van der Waals surface area contributed by atoms with Crippen molar-refractivity contribution in [3.8, 4) is 5.75 Å². The van der Waals surface area contributed by atoms with Crippen LogP contribution in [-0.2, 0) is 6.61 Å². The average molecular weight is 431 g/mol. The van der Waals surface area contributed by atoms with Crippen molar-refractivity contribution < 1.29 is 19.7 Å². The van der Waals surface area contributed by atoms with Gasteiger partial charge >= 0.3 is 6.09 Å². The number of fused-ring (bicyclic) bond motifs is 1. The molecule has 4 rings (SSSR count). The number of carbonyl (C=O) groups is 1. The van der Waals surface area contributed by atoms with Crippen LogP contribution in [-0.4, -0.2) is 38.5 Å². The smallest absolute Gasteiger partial charge is 0.404 e. The highest BCUT2D eigenvalue weighted by Crippen LogP contribution is 2.31. The van der Waals surface area contributed by atoms with Crippen molar-refractivity contribution in [2.75, 3.05) is 6.54 Å². The second-order valence-corrected chi connectivity index (χ2v) is 7.50. The first-order valence-corrected chi connectivity index (χ1v) is 10.4. The summed E-state index contributed by atoms with van der Waals surface area (Å²) >= 11 is 0. The number of aromatic nitrogens is 2. The van der Waals surface area contributed by atoms with Gasteiger partial charge in [0, 0.05) is 29.8 Å². The fourth-order valence-corrected chi connectivity index (χ4v) is 3.82. The third-order valence-corrected chi connectivity index (χ3v) is 5.33. The molecule has 2 aromatic heterocycles. The summed E-state index contributed by atoms with van der Waals surface area (Å²) in [5.74, 6) is 0.739. The summed E-state index contributed by atoms with van der Waals surface area (Å²) < 4.78 is 7.92. The minimum absolute atomic E-state index is 0.171. The van der Waals surface area contributed by atoms with Crippen LogP contribution in [0.4, 0.5) is 4.79 Å². The van der Waals surface area contributed by atoms with Gasteiger partial charge in [0.2, 0.25) is 0 Å². The molecule has 2 atom stereocenters. The van der Waals surface area contributed by atoms with Gasteiger partial charge in [0.05, 0.1) is 17.8 Å². The Morgan fingerprint density at radius 3 is 2.62 bits per heavy atom. The van der Waals surface area contributed by atoms with Gasteiger partial charge in [0.15, 0.2) is 0 Å². The molecule has 0 radical (unpaired) electrons. The van der Waals surface area contributed by atoms with E-state index in [1.54, 1.807) is 6.20 Å². The van der Waals surface area contributed by atoms with Crippen molar-refractivity contribution in [3.05, 3.63) is 96.4 Å². The second kappa shape index (κ2) is 9.98. The van der Waals surface area contributed by atoms with E-state index in [4.69, 9.17) is 9.84 Å². The average Bonchev–Trinajstić information content (AvgIpc) is 3.22. The quantitative estimate of drug-likeness (QED) is 0.369. The molecule has 32 heavy (non-hydrogen) atoms. The van der Waals surface area contributed by atoms with Crippen molar-refractivity contribution in [1.29, 1.82) is 0 Å². The minimum atomic E-state index is -1.10. The number of benzene rings is 2. The van der Waals surface area contributed by atoms with Gasteiger partial charge in [-0.05, 0) is 48.4 Å². The van der Waals surface area contributed by atoms with E-state index in [9.17, 15) is 9.90 Å². The normalized spacial score (nSPS) is 12.9. The summed E-state index contributed by atoms with van der Waals surface area (Å²) in [4.78, 5) is 15.1. The predicted octanol–water partition coefficient (Wildman–Crippen LogP) is 4.22. The van der Waals surface area contributed by atoms with Crippen molar-refractivity contribution in [1.82, 2.24) is 14.9 Å². The Labute approximate surface area is 185 Å². The van der Waals surface area contributed by atoms with Crippen molar-refractivity contribution in [2.45, 2.75) is 25.2 Å². The van der Waals surface area contributed by atoms with E-state index in [1.807, 2.05) is 83.6 Å². The van der Waals surface area contributed by atoms with Crippen LogP contribution in [0.5, 0.6) is 5.75 Å². The topological polar surface area (TPSA) is 96.6 Å². The third kappa shape index (κ3) is 5.07. The van der Waals surface area contributed by atoms with E-state index in [0.29, 0.717) is 6.61 Å². The van der Waals surface area contributed by atoms with Gasteiger partial charge < -0.3 is 24.8 Å². The van der Waals surface area contributed by atoms with Gasteiger partial charge in [-0.3, -0.25) is 4.98 Å². The SMILES string of the molecule is O=C(O)NCC[C@@H](O)[C@H](c1ccccc1)n1ccc2cc(OCc3ccccn3)ccc21. The van der Waals surface area contributed by atoms with Crippen LogP contribution in [0.1, 0.15) is 23.7 Å². The molecule has 7 nitrogen and oxygen atoms in total. The molecule has 0 saturated carbocycles. The van der Waals surface area contributed by atoms with Crippen LogP contribution in [0.3, 0.4) is 0 Å². The summed E-state index contributed by atoms with van der Waals surface area (Å²) in [5.41, 5.74) is 2.75. The lowest BCUT2D eigenvalue weighted by molar-refractivity contribution is 0.121. The Morgan fingerprint density at radius 2 is 1.88 bits per heavy atom. The zero-order valence-corrected chi connectivity index (χ0v) is 17.5. The number of nitrogens with zero attached hydrogens (tertiary/aromatic N) is 2. The first kappa shape index (κ1) is 21.4. The van der Waals surface area contributed by atoms with E-state index in [-0.39, 0.29) is 19.0 Å². The Kier molecular flexibility index (Phi) is 6.67. The first-order chi connectivity index (χ1) is 15.6. The van der Waals surface area contributed by atoms with Gasteiger partial charge in [-0.2, -0.15) is 0 Å². The van der Waals surface area contributed by atoms with E-state index in [1.165, 1.54) is 0 Å². The lowest BCUT2D eigenvalue weighted by Gasteiger charge is -2.26. The van der Waals surface area contributed by atoms with Crippen LogP contribution in [0.25, 0.3) is 10.9 Å². The highest BCUT2D eigenvalue weighted by atomic mass is 16.5. The molecule has 164 valence electrons. The number of hydrogen-bond donors (Lipinski definition) is 3. The Bertz CT molecular complexity index is 1160. The van der Waals surface area contributed by atoms with Gasteiger partial charge in [0.1, 0.15) is 12.4 Å². The van der Waals surface area contributed by atoms with Crippen LogP contribution >= 0.6 is 0 Å². The summed E-state index contributed by atoms with van der Waals surface area (Å²) in [5, 5.41) is 23.1. The monoisotopic (exact) mass is 431 g/mol. The summed E-state index contributed by atoms with van der Waals surface area (Å²) in [6, 6.07) is 22.9. The Hall–Kier alpha value is -3.84. The predicted molar refractivity (Wildman–Crippen MR) is 122 cm³/mol. The van der Waals surface area contributed by atoms with Crippen molar-refractivity contribution in [3.63, 3.8) is 0 Å². The highest BCUT2D eigenvalue weighted by Gasteiger charge is 2.24.